The molecule has 114 valence electrons. The molecule has 2 unspecified atom stereocenters. The fourth-order valence-corrected chi connectivity index (χ4v) is 2.41. The van der Waals surface area contributed by atoms with Crippen LogP contribution < -0.4 is 15.0 Å². The van der Waals surface area contributed by atoms with Crippen molar-refractivity contribution in [3.05, 3.63) is 24.3 Å². The summed E-state index contributed by atoms with van der Waals surface area (Å²) in [5.74, 6) is 0.281. The molecule has 1 aromatic rings. The molecule has 2 amide bonds. The number of unbranched alkanes of at least 4 members (excludes halogenated alkanes) is 1. The van der Waals surface area contributed by atoms with Gasteiger partial charge in [0.25, 0.3) is 0 Å². The van der Waals surface area contributed by atoms with Crippen LogP contribution in [0.1, 0.15) is 33.6 Å². The first-order chi connectivity index (χ1) is 10.0. The molecule has 0 aromatic heterocycles. The van der Waals surface area contributed by atoms with E-state index in [0.717, 1.165) is 24.3 Å². The summed E-state index contributed by atoms with van der Waals surface area (Å²) in [6, 6.07) is 6.79. The molecule has 1 aromatic carbocycles. The summed E-state index contributed by atoms with van der Waals surface area (Å²) in [5.41, 5.74) is 0.848. The summed E-state index contributed by atoms with van der Waals surface area (Å²) in [7, 11) is 0. The Labute approximate surface area is 125 Å². The van der Waals surface area contributed by atoms with Gasteiger partial charge < -0.3 is 9.64 Å². The van der Waals surface area contributed by atoms with E-state index < -0.39 is 0 Å². The van der Waals surface area contributed by atoms with Crippen molar-refractivity contribution in [3.8, 4) is 5.75 Å². The number of nitrogens with one attached hydrogen (secondary N) is 1. The van der Waals surface area contributed by atoms with Gasteiger partial charge in [0.1, 0.15) is 17.8 Å². The van der Waals surface area contributed by atoms with E-state index in [-0.39, 0.29) is 23.9 Å². The summed E-state index contributed by atoms with van der Waals surface area (Å²) in [5, 5.41) is 2.38. The molecule has 0 saturated carbocycles. The van der Waals surface area contributed by atoms with Gasteiger partial charge in [0, 0.05) is 5.69 Å². The van der Waals surface area contributed by atoms with E-state index in [9.17, 15) is 9.59 Å². The number of hydrogen-bond donors (Lipinski definition) is 1. The molecule has 1 N–H and O–H groups in total. The van der Waals surface area contributed by atoms with Gasteiger partial charge in [0.2, 0.25) is 11.8 Å². The Morgan fingerprint density at radius 3 is 2.19 bits per heavy atom. The zero-order valence-corrected chi connectivity index (χ0v) is 12.8. The number of ether oxygens (including phenoxy) is 1. The molecule has 0 aliphatic carbocycles. The highest BCUT2D eigenvalue weighted by Crippen LogP contribution is 2.25. The summed E-state index contributed by atoms with van der Waals surface area (Å²) in [6.45, 7) is 6.41. The molecule has 0 spiro atoms. The van der Waals surface area contributed by atoms with E-state index in [1.165, 1.54) is 0 Å². The van der Waals surface area contributed by atoms with Crippen molar-refractivity contribution in [3.63, 3.8) is 0 Å². The van der Waals surface area contributed by atoms with Gasteiger partial charge in [-0.25, -0.2) is 0 Å². The van der Waals surface area contributed by atoms with Gasteiger partial charge >= 0.3 is 0 Å². The Kier molecular flexibility index (Phi) is 4.83. The molecule has 21 heavy (non-hydrogen) atoms. The first kappa shape index (κ1) is 15.4. The highest BCUT2D eigenvalue weighted by atomic mass is 16.5. The van der Waals surface area contributed by atoms with Crippen molar-refractivity contribution >= 4 is 17.5 Å². The number of rotatable bonds is 5. The van der Waals surface area contributed by atoms with Crippen LogP contribution in [0.15, 0.2) is 24.3 Å². The lowest BCUT2D eigenvalue weighted by Crippen LogP contribution is -2.61. The number of imide groups is 1. The minimum Gasteiger partial charge on any atom is -0.494 e. The van der Waals surface area contributed by atoms with Gasteiger partial charge in [-0.3, -0.25) is 14.9 Å². The van der Waals surface area contributed by atoms with Crippen LogP contribution in [-0.4, -0.2) is 30.5 Å². The standard InChI is InChI=1S/C16H22N2O3/c1-4-5-10-21-14-8-6-13(7-9-14)18-11(2)15(19)17-16(20)12(18)3/h6-9,11-12H,4-5,10H2,1-3H3,(H,17,19,20). The molecule has 1 aliphatic heterocycles. The second kappa shape index (κ2) is 6.61. The van der Waals surface area contributed by atoms with Crippen molar-refractivity contribution < 1.29 is 14.3 Å². The Morgan fingerprint density at radius 2 is 1.67 bits per heavy atom. The van der Waals surface area contributed by atoms with Gasteiger partial charge in [-0.05, 0) is 44.5 Å². The Balaban J connectivity index is 2.12. The van der Waals surface area contributed by atoms with Crippen LogP contribution in [0.3, 0.4) is 0 Å². The van der Waals surface area contributed by atoms with Gasteiger partial charge in [0.05, 0.1) is 6.61 Å². The zero-order valence-electron chi connectivity index (χ0n) is 12.8. The SMILES string of the molecule is CCCCOc1ccc(N2C(C)C(=O)NC(=O)C2C)cc1. The Bertz CT molecular complexity index is 493. The fraction of sp³-hybridized carbons (Fsp3) is 0.500. The maximum atomic E-state index is 11.8. The average Bonchev–Trinajstić information content (AvgIpc) is 2.47. The summed E-state index contributed by atoms with van der Waals surface area (Å²) >= 11 is 0. The van der Waals surface area contributed by atoms with E-state index in [4.69, 9.17) is 4.74 Å². The molecule has 0 bridgehead atoms. The summed E-state index contributed by atoms with van der Waals surface area (Å²) < 4.78 is 5.62. The molecule has 2 atom stereocenters. The van der Waals surface area contributed by atoms with E-state index >= 15 is 0 Å². The van der Waals surface area contributed by atoms with E-state index in [2.05, 4.69) is 12.2 Å². The van der Waals surface area contributed by atoms with Crippen molar-refractivity contribution in [1.82, 2.24) is 5.32 Å². The number of nitrogens with zero attached hydrogens (tertiary/aromatic N) is 1. The Hall–Kier alpha value is -2.04. The lowest BCUT2D eigenvalue weighted by Gasteiger charge is -2.38. The molecule has 1 saturated heterocycles. The third kappa shape index (κ3) is 3.35. The second-order valence-electron chi connectivity index (χ2n) is 5.31. The monoisotopic (exact) mass is 290 g/mol. The van der Waals surface area contributed by atoms with Crippen LogP contribution in [0.4, 0.5) is 5.69 Å². The molecule has 5 nitrogen and oxygen atoms in total. The smallest absolute Gasteiger partial charge is 0.249 e. The van der Waals surface area contributed by atoms with Crippen molar-refractivity contribution in [2.45, 2.75) is 45.7 Å². The highest BCUT2D eigenvalue weighted by Gasteiger charge is 2.36. The summed E-state index contributed by atoms with van der Waals surface area (Å²) in [6.07, 6.45) is 2.12. The quantitative estimate of drug-likeness (QED) is 0.666. The summed E-state index contributed by atoms with van der Waals surface area (Å²) in [4.78, 5) is 25.4. The molecule has 2 rings (SSSR count). The number of carbonyl (C=O) groups is 2. The highest BCUT2D eigenvalue weighted by molar-refractivity contribution is 6.06. The third-order valence-corrected chi connectivity index (χ3v) is 3.74. The number of anilines is 1. The fourth-order valence-electron chi connectivity index (χ4n) is 2.41. The molecule has 0 radical (unpaired) electrons. The van der Waals surface area contributed by atoms with E-state index in [0.29, 0.717) is 6.61 Å². The predicted octanol–water partition coefficient (Wildman–Crippen LogP) is 2.11. The third-order valence-electron chi connectivity index (χ3n) is 3.74. The zero-order chi connectivity index (χ0) is 15.4. The molecule has 1 aliphatic rings. The van der Waals surface area contributed by atoms with Crippen LogP contribution in [0.5, 0.6) is 5.75 Å². The van der Waals surface area contributed by atoms with Crippen LogP contribution in [0.2, 0.25) is 0 Å². The minimum absolute atomic E-state index is 0.263. The average molecular weight is 290 g/mol. The largest absolute Gasteiger partial charge is 0.494 e. The maximum Gasteiger partial charge on any atom is 0.249 e. The van der Waals surface area contributed by atoms with Gasteiger partial charge in [-0.1, -0.05) is 13.3 Å². The topological polar surface area (TPSA) is 58.6 Å². The second-order valence-corrected chi connectivity index (χ2v) is 5.31. The van der Waals surface area contributed by atoms with Crippen molar-refractivity contribution in [2.24, 2.45) is 0 Å². The molecule has 5 heteroatoms. The van der Waals surface area contributed by atoms with E-state index in [1.807, 2.05) is 29.2 Å². The van der Waals surface area contributed by atoms with Crippen LogP contribution >= 0.6 is 0 Å². The first-order valence-electron chi connectivity index (χ1n) is 7.40. The van der Waals surface area contributed by atoms with Crippen LogP contribution in [0.25, 0.3) is 0 Å². The first-order valence-corrected chi connectivity index (χ1v) is 7.40. The molecular weight excluding hydrogens is 268 g/mol. The normalized spacial score (nSPS) is 22.1. The maximum absolute atomic E-state index is 11.8. The van der Waals surface area contributed by atoms with Gasteiger partial charge in [0.15, 0.2) is 0 Å². The molecular formula is C16H22N2O3. The van der Waals surface area contributed by atoms with Crippen molar-refractivity contribution in [2.75, 3.05) is 11.5 Å². The predicted molar refractivity (Wildman–Crippen MR) is 81.4 cm³/mol. The van der Waals surface area contributed by atoms with Gasteiger partial charge in [-0.15, -0.1) is 0 Å². The lowest BCUT2D eigenvalue weighted by molar-refractivity contribution is -0.134. The van der Waals surface area contributed by atoms with Crippen LogP contribution in [0, 0.1) is 0 Å². The molecule has 1 heterocycles. The lowest BCUT2D eigenvalue weighted by atomic mass is 10.1. The number of benzene rings is 1. The Morgan fingerprint density at radius 1 is 1.10 bits per heavy atom. The number of amides is 2. The number of piperazine rings is 1. The van der Waals surface area contributed by atoms with Crippen molar-refractivity contribution in [1.29, 1.82) is 0 Å². The van der Waals surface area contributed by atoms with Crippen LogP contribution in [-0.2, 0) is 9.59 Å². The van der Waals surface area contributed by atoms with Gasteiger partial charge in [-0.2, -0.15) is 0 Å². The molecule has 1 fully saturated rings. The minimum atomic E-state index is -0.371. The van der Waals surface area contributed by atoms with E-state index in [1.54, 1.807) is 13.8 Å². The number of carbonyl (C=O) groups excluding carboxylic acids is 2. The number of hydrogen-bond acceptors (Lipinski definition) is 4.